The monoisotopic (exact) mass is 1410 g/mol. The molecule has 0 aliphatic carbocycles. The molecule has 0 unspecified atom stereocenters. The van der Waals surface area contributed by atoms with Gasteiger partial charge in [0.25, 0.3) is 0 Å². The third kappa shape index (κ3) is 39.8. The van der Waals surface area contributed by atoms with Crippen molar-refractivity contribution in [2.75, 3.05) is 40.3 Å². The normalized spacial score (nSPS) is 14.8. The molecule has 0 bridgehead atoms. The molecule has 0 fully saturated rings. The molecule has 0 aromatic carbocycles. The number of hydrogen-bond acceptors (Lipinski definition) is 15. The first-order valence-corrected chi connectivity index (χ1v) is 37.0. The summed E-state index contributed by atoms with van der Waals surface area (Å²) in [6.45, 7) is 22.1. The molecule has 0 aliphatic heterocycles. The molecular formula is C71H136N16O12. The average Bonchev–Trinajstić information content (AvgIpc) is 0.839. The topological polar surface area (TPSA) is 453 Å². The number of nitrogens with one attached hydrogen (secondary N) is 8. The fraction of sp³-hybridized carbons (Fsp3) is 0.831. The van der Waals surface area contributed by atoms with Gasteiger partial charge in [0.1, 0.15) is 54.4 Å². The SMILES string of the molecule is CCCCCCCCCCCCCCC(=O)NCC(=O)N[C@@H](CC(C)C)C(=O)N(C)[C@@H](CC(C)C)C(=O)N[C@@H](CCCCN)C(=O)N[C@@H](CCCN=C(N)N)C(=O)N(C)[C@H](C(=O)N[C@@H](CCCCN)C(=O)N[C@H](C(=O)N[C@@H](CC(C)C)C(=O)N[C@@H](CC(C)C)C(N)=O)[C@@H](C)O)[C@@H](C)CC. The summed E-state index contributed by atoms with van der Waals surface area (Å²) in [6, 6.07) is -11.3. The van der Waals surface area contributed by atoms with Gasteiger partial charge in [0, 0.05) is 27.1 Å². The van der Waals surface area contributed by atoms with E-state index < -0.39 is 125 Å². The number of rotatable bonds is 56. The highest BCUT2D eigenvalue weighted by Gasteiger charge is 2.40. The van der Waals surface area contributed by atoms with Gasteiger partial charge < -0.3 is 86.1 Å². The Labute approximate surface area is 592 Å². The molecule has 99 heavy (non-hydrogen) atoms. The van der Waals surface area contributed by atoms with E-state index in [1.807, 2.05) is 55.4 Å². The van der Waals surface area contributed by atoms with Crippen LogP contribution in [0.3, 0.4) is 0 Å². The molecule has 0 aromatic rings. The molecule has 0 saturated heterocycles. The summed E-state index contributed by atoms with van der Waals surface area (Å²) in [5.41, 5.74) is 28.7. The maximum Gasteiger partial charge on any atom is 0.245 e. The van der Waals surface area contributed by atoms with Crippen LogP contribution in [0.4, 0.5) is 0 Å². The molecule has 28 nitrogen and oxygen atoms in total. The number of aliphatic hydroxyl groups excluding tert-OH is 1. The lowest BCUT2D eigenvalue weighted by molar-refractivity contribution is -0.145. The third-order valence-corrected chi connectivity index (χ3v) is 17.6. The first-order chi connectivity index (χ1) is 46.7. The Hall–Kier alpha value is -6.68. The van der Waals surface area contributed by atoms with Gasteiger partial charge in [0.2, 0.25) is 65.0 Å². The van der Waals surface area contributed by atoms with E-state index in [0.29, 0.717) is 38.5 Å². The number of amides is 11. The van der Waals surface area contributed by atoms with Gasteiger partial charge in [-0.05, 0) is 133 Å². The highest BCUT2D eigenvalue weighted by molar-refractivity contribution is 5.99. The molecule has 11 atom stereocenters. The van der Waals surface area contributed by atoms with Crippen LogP contribution in [0.25, 0.3) is 0 Å². The number of carbonyl (C=O) groups excluding carboxylic acids is 11. The van der Waals surface area contributed by atoms with Crippen molar-refractivity contribution in [2.24, 2.45) is 63.3 Å². The van der Waals surface area contributed by atoms with Gasteiger partial charge in [0.05, 0.1) is 12.6 Å². The predicted octanol–water partition coefficient (Wildman–Crippen LogP) is 3.65. The van der Waals surface area contributed by atoms with Crippen LogP contribution in [-0.2, 0) is 52.7 Å². The van der Waals surface area contributed by atoms with Crippen molar-refractivity contribution < 1.29 is 57.8 Å². The van der Waals surface area contributed by atoms with Crippen molar-refractivity contribution in [3.63, 3.8) is 0 Å². The molecule has 0 aliphatic rings. The Bertz CT molecular complexity index is 2440. The quantitative estimate of drug-likeness (QED) is 0.0235. The van der Waals surface area contributed by atoms with E-state index in [1.165, 1.54) is 82.2 Å². The molecule has 0 rings (SSSR count). The summed E-state index contributed by atoms with van der Waals surface area (Å²) < 4.78 is 0. The molecule has 0 saturated carbocycles. The largest absolute Gasteiger partial charge is 0.391 e. The van der Waals surface area contributed by atoms with Crippen LogP contribution in [0.5, 0.6) is 0 Å². The van der Waals surface area contributed by atoms with Crippen LogP contribution in [0.2, 0.25) is 0 Å². The van der Waals surface area contributed by atoms with Gasteiger partial charge in [-0.2, -0.15) is 0 Å². The van der Waals surface area contributed by atoms with E-state index in [1.54, 1.807) is 13.8 Å². The number of guanidine groups is 1. The summed E-state index contributed by atoms with van der Waals surface area (Å²) in [6.07, 6.45) is 15.5. The molecule has 0 aromatic heterocycles. The van der Waals surface area contributed by atoms with Crippen LogP contribution in [0, 0.1) is 29.6 Å². The van der Waals surface area contributed by atoms with E-state index in [4.69, 9.17) is 28.7 Å². The molecule has 0 radical (unpaired) electrons. The number of aliphatic hydroxyl groups is 1. The summed E-state index contributed by atoms with van der Waals surface area (Å²) >= 11 is 0. The number of unbranched alkanes of at least 4 members (excludes halogenated alkanes) is 13. The van der Waals surface area contributed by atoms with E-state index in [0.717, 1.165) is 19.3 Å². The van der Waals surface area contributed by atoms with Gasteiger partial charge in [-0.25, -0.2) is 0 Å². The molecule has 11 amide bonds. The minimum absolute atomic E-state index is 0.00878. The maximum absolute atomic E-state index is 15.1. The smallest absolute Gasteiger partial charge is 0.245 e. The summed E-state index contributed by atoms with van der Waals surface area (Å²) in [4.78, 5) is 161. The fourth-order valence-corrected chi connectivity index (χ4v) is 11.7. The van der Waals surface area contributed by atoms with Crippen LogP contribution >= 0.6 is 0 Å². The highest BCUT2D eigenvalue weighted by Crippen LogP contribution is 2.21. The molecule has 572 valence electrons. The van der Waals surface area contributed by atoms with Crippen LogP contribution in [0.15, 0.2) is 4.99 Å². The van der Waals surface area contributed by atoms with Gasteiger partial charge in [-0.3, -0.25) is 57.7 Å². The van der Waals surface area contributed by atoms with Crippen LogP contribution in [-0.4, -0.2) is 187 Å². The Morgan fingerprint density at radius 1 is 0.424 bits per heavy atom. The Morgan fingerprint density at radius 3 is 1.32 bits per heavy atom. The number of nitrogens with two attached hydrogens (primary N) is 5. The fourth-order valence-electron chi connectivity index (χ4n) is 11.7. The minimum atomic E-state index is -1.64. The zero-order valence-electron chi connectivity index (χ0n) is 63.0. The Kier molecular flexibility index (Phi) is 48.8. The first-order valence-electron chi connectivity index (χ1n) is 37.0. The molecule has 19 N–H and O–H groups in total. The van der Waals surface area contributed by atoms with Crippen LogP contribution < -0.4 is 71.2 Å². The van der Waals surface area contributed by atoms with Crippen molar-refractivity contribution in [1.82, 2.24) is 52.3 Å². The van der Waals surface area contributed by atoms with Crippen molar-refractivity contribution in [3.05, 3.63) is 0 Å². The van der Waals surface area contributed by atoms with Crippen LogP contribution in [0.1, 0.15) is 250 Å². The van der Waals surface area contributed by atoms with E-state index >= 15 is 4.79 Å². The molecule has 0 heterocycles. The van der Waals surface area contributed by atoms with Crippen molar-refractivity contribution >= 4 is 70.9 Å². The standard InChI is InChI=1S/C71H136N16O12/c1-15-17-18-19-20-21-22-23-24-25-26-27-36-58(89)78-44-59(90)79-56(42-47(7)8)70(99)86(13)57(43-48(9)10)66(95)80-51(33-28-30-37-72)63(92)82-53(35-32-39-77-71(75)76)69(98)87(14)61(49(11)16-2)68(97)81-52(34-29-31-38-73)64(93)85-60(50(12)88)67(96)84-55(41-46(5)6)65(94)83-54(62(74)91)40-45(3)4/h45-57,60-61,88H,15-44,72-73H2,1-14H3,(H2,74,91)(H,78,89)(H,79,90)(H,80,95)(H,81,97)(H,82,92)(H,83,94)(H,84,96)(H,85,93)(H4,75,76,77)/t49-,50+,51-,52-,53-,54-,55-,56-,57-,60-,61-/m0/s1. The Morgan fingerprint density at radius 2 is 0.848 bits per heavy atom. The van der Waals surface area contributed by atoms with Gasteiger partial charge in [-0.1, -0.05) is 153 Å². The number of aliphatic imine (C=N–C) groups is 1. The number of carbonyl (C=O) groups is 11. The number of hydrogen-bond donors (Lipinski definition) is 14. The minimum Gasteiger partial charge on any atom is -0.391 e. The van der Waals surface area contributed by atoms with Crippen molar-refractivity contribution in [3.8, 4) is 0 Å². The van der Waals surface area contributed by atoms with E-state index in [9.17, 15) is 53.1 Å². The number of likely N-dealkylation sites (N-methyl/N-ethyl adjacent to an activating group) is 2. The van der Waals surface area contributed by atoms with Gasteiger partial charge in [-0.15, -0.1) is 0 Å². The van der Waals surface area contributed by atoms with Gasteiger partial charge >= 0.3 is 0 Å². The van der Waals surface area contributed by atoms with E-state index in [-0.39, 0.29) is 120 Å². The summed E-state index contributed by atoms with van der Waals surface area (Å²) in [5, 5.41) is 32.8. The third-order valence-electron chi connectivity index (χ3n) is 17.6. The van der Waals surface area contributed by atoms with Crippen molar-refractivity contribution in [2.45, 2.75) is 311 Å². The lowest BCUT2D eigenvalue weighted by Gasteiger charge is -2.36. The molecule has 0 spiro atoms. The number of primary amides is 1. The second kappa shape index (κ2) is 52.3. The Balaban J connectivity index is 6.94. The zero-order valence-corrected chi connectivity index (χ0v) is 63.0. The predicted molar refractivity (Wildman–Crippen MR) is 389 cm³/mol. The van der Waals surface area contributed by atoms with Gasteiger partial charge in [0.15, 0.2) is 5.96 Å². The van der Waals surface area contributed by atoms with Crippen molar-refractivity contribution in [1.29, 1.82) is 0 Å². The lowest BCUT2D eigenvalue weighted by atomic mass is 9.95. The summed E-state index contributed by atoms with van der Waals surface area (Å²) in [5.74, 6) is -8.69. The van der Waals surface area contributed by atoms with E-state index in [2.05, 4.69) is 54.5 Å². The molecular weight excluding hydrogens is 1270 g/mol. The molecule has 28 heteroatoms. The maximum atomic E-state index is 15.1. The highest BCUT2D eigenvalue weighted by atomic mass is 16.3. The lowest BCUT2D eigenvalue weighted by Crippen LogP contribution is -2.62. The second-order valence-corrected chi connectivity index (χ2v) is 28.8. The zero-order chi connectivity index (χ0) is 75.3. The summed E-state index contributed by atoms with van der Waals surface area (Å²) in [7, 11) is 2.85. The first kappa shape index (κ1) is 92.3. The average molecular weight is 1410 g/mol. The number of nitrogens with zero attached hydrogens (tertiary/aromatic N) is 3. The second-order valence-electron chi connectivity index (χ2n) is 28.8.